The number of ether oxygens (including phenoxy) is 1. The lowest BCUT2D eigenvalue weighted by molar-refractivity contribution is -0.135. The van der Waals surface area contributed by atoms with Crippen molar-refractivity contribution in [1.82, 2.24) is 19.8 Å². The molecular formula is C20H19FN6O2S. The number of hydrogen-bond donors (Lipinski definition) is 2. The Morgan fingerprint density at radius 3 is 2.67 bits per heavy atom. The van der Waals surface area contributed by atoms with E-state index in [4.69, 9.17) is 10.5 Å². The summed E-state index contributed by atoms with van der Waals surface area (Å²) < 4.78 is 20.3. The molecule has 2 aromatic heterocycles. The van der Waals surface area contributed by atoms with Crippen LogP contribution >= 0.6 is 11.3 Å². The molecule has 0 aliphatic heterocycles. The van der Waals surface area contributed by atoms with Crippen molar-refractivity contribution in [2.24, 2.45) is 5.73 Å². The fraction of sp³-hybridized carbons (Fsp3) is 0.200. The summed E-state index contributed by atoms with van der Waals surface area (Å²) in [5, 5.41) is 16.6. The molecule has 0 saturated heterocycles. The molecule has 0 radical (unpaired) electrons. The van der Waals surface area contributed by atoms with Crippen LogP contribution in [0.5, 0.6) is 5.75 Å². The topological polar surface area (TPSA) is 107 Å². The van der Waals surface area contributed by atoms with E-state index in [9.17, 15) is 9.18 Å². The second-order valence-electron chi connectivity index (χ2n) is 6.80. The monoisotopic (exact) mass is 426 g/mol. The molecule has 0 unspecified atom stereocenters. The van der Waals surface area contributed by atoms with E-state index in [1.54, 1.807) is 35.7 Å². The second kappa shape index (κ2) is 8.17. The maximum absolute atomic E-state index is 13.4. The van der Waals surface area contributed by atoms with Crippen molar-refractivity contribution in [3.63, 3.8) is 0 Å². The molecule has 8 nitrogen and oxygen atoms in total. The predicted octanol–water partition coefficient (Wildman–Crippen LogP) is 3.47. The van der Waals surface area contributed by atoms with Crippen LogP contribution in [-0.4, -0.2) is 31.8 Å². The van der Waals surface area contributed by atoms with Crippen LogP contribution in [0.25, 0.3) is 4.96 Å². The molecule has 0 aliphatic carbocycles. The zero-order valence-corrected chi connectivity index (χ0v) is 17.1. The van der Waals surface area contributed by atoms with Gasteiger partial charge in [0, 0.05) is 11.6 Å². The third kappa shape index (κ3) is 4.14. The Kier molecular flexibility index (Phi) is 5.42. The van der Waals surface area contributed by atoms with Gasteiger partial charge in [0.15, 0.2) is 5.82 Å². The number of halogens is 1. The lowest BCUT2D eigenvalue weighted by Crippen LogP contribution is -2.30. The van der Waals surface area contributed by atoms with E-state index in [1.165, 1.54) is 23.5 Å². The zero-order valence-electron chi connectivity index (χ0n) is 16.2. The number of nitrogens with one attached hydrogen (secondary N) is 1. The number of rotatable bonds is 6. The first-order valence-corrected chi connectivity index (χ1v) is 10.0. The molecule has 4 aromatic rings. The number of carbonyl (C=O) groups is 1. The average molecular weight is 426 g/mol. The Morgan fingerprint density at radius 1 is 1.20 bits per heavy atom. The minimum atomic E-state index is -0.687. The number of anilines is 2. The number of aromatic nitrogens is 4. The van der Waals surface area contributed by atoms with Crippen LogP contribution in [-0.2, 0) is 4.79 Å². The Morgan fingerprint density at radius 2 is 1.97 bits per heavy atom. The van der Waals surface area contributed by atoms with Crippen LogP contribution in [0.15, 0.2) is 48.5 Å². The van der Waals surface area contributed by atoms with Crippen LogP contribution in [0, 0.1) is 5.82 Å². The number of hydrogen-bond acceptors (Lipinski definition) is 8. The first kappa shape index (κ1) is 19.9. The van der Waals surface area contributed by atoms with E-state index in [-0.39, 0.29) is 11.7 Å². The van der Waals surface area contributed by atoms with Gasteiger partial charge in [-0.1, -0.05) is 36.5 Å². The third-order valence-corrected chi connectivity index (χ3v) is 5.26. The van der Waals surface area contributed by atoms with Crippen LogP contribution in [0.1, 0.15) is 31.2 Å². The summed E-state index contributed by atoms with van der Waals surface area (Å²) >= 11 is 1.32. The Labute approximate surface area is 175 Å². The highest BCUT2D eigenvalue weighted by Gasteiger charge is 2.19. The van der Waals surface area contributed by atoms with Gasteiger partial charge in [-0.15, -0.1) is 15.3 Å². The Balaban J connectivity index is 1.54. The van der Waals surface area contributed by atoms with E-state index < -0.39 is 12.0 Å². The van der Waals surface area contributed by atoms with Gasteiger partial charge < -0.3 is 15.8 Å². The average Bonchev–Trinajstić information content (AvgIpc) is 3.28. The molecule has 0 spiro atoms. The number of fused-ring (bicyclic) bond motifs is 1. The third-order valence-electron chi connectivity index (χ3n) is 4.45. The smallest absolute Gasteiger partial charge is 0.328 e. The highest BCUT2D eigenvalue weighted by molar-refractivity contribution is 7.20. The Bertz CT molecular complexity index is 1190. The molecule has 0 fully saturated rings. The summed E-state index contributed by atoms with van der Waals surface area (Å²) in [4.78, 5) is 12.2. The van der Waals surface area contributed by atoms with Crippen LogP contribution in [0.2, 0.25) is 0 Å². The Hall–Kier alpha value is -3.37. The maximum atomic E-state index is 13.4. The van der Waals surface area contributed by atoms with E-state index in [0.717, 1.165) is 5.56 Å². The van der Waals surface area contributed by atoms with Gasteiger partial charge in [0.25, 0.3) is 0 Å². The highest BCUT2D eigenvalue weighted by atomic mass is 32.1. The zero-order chi connectivity index (χ0) is 21.3. The van der Waals surface area contributed by atoms with Crippen molar-refractivity contribution < 1.29 is 13.9 Å². The van der Waals surface area contributed by atoms with Gasteiger partial charge in [-0.05, 0) is 42.8 Å². The van der Waals surface area contributed by atoms with Crippen molar-refractivity contribution >= 4 is 33.1 Å². The second-order valence-corrected chi connectivity index (χ2v) is 7.75. The predicted molar refractivity (Wildman–Crippen MR) is 112 cm³/mol. The number of nitrogens with two attached hydrogens (primary N) is 1. The maximum Gasteiger partial charge on any atom is 0.328 e. The lowest BCUT2D eigenvalue weighted by Gasteiger charge is -2.11. The molecule has 154 valence electrons. The quantitative estimate of drug-likeness (QED) is 0.359. The summed E-state index contributed by atoms with van der Waals surface area (Å²) in [6.45, 7) is 3.55. The fourth-order valence-electron chi connectivity index (χ4n) is 2.83. The molecule has 3 N–H and O–H groups in total. The number of benzene rings is 2. The minimum Gasteiger partial charge on any atom is -0.425 e. The van der Waals surface area contributed by atoms with Gasteiger partial charge in [0.05, 0.1) is 0 Å². The molecule has 2 heterocycles. The normalized spacial score (nSPS) is 13.2. The first-order valence-electron chi connectivity index (χ1n) is 9.22. The summed E-state index contributed by atoms with van der Waals surface area (Å²) in [5.74, 6) is 0.161. The number of carbonyl (C=O) groups excluding carboxylic acids is 1. The number of esters is 1. The van der Waals surface area contributed by atoms with Gasteiger partial charge in [0.2, 0.25) is 10.1 Å². The van der Waals surface area contributed by atoms with E-state index >= 15 is 0 Å². The summed E-state index contributed by atoms with van der Waals surface area (Å²) in [7, 11) is 0. The van der Waals surface area contributed by atoms with Gasteiger partial charge in [-0.2, -0.15) is 4.52 Å². The van der Waals surface area contributed by atoms with Crippen molar-refractivity contribution in [1.29, 1.82) is 0 Å². The van der Waals surface area contributed by atoms with Crippen molar-refractivity contribution in [3.8, 4) is 5.75 Å². The largest absolute Gasteiger partial charge is 0.425 e. The van der Waals surface area contributed by atoms with Gasteiger partial charge in [-0.3, -0.25) is 0 Å². The SMILES string of the molecule is C[C@@H](c1ccc(OC(=O)[C@@H](C)N)cc1)c1nnc2sc(Nc3cccc(F)c3)nn12. The summed E-state index contributed by atoms with van der Waals surface area (Å²) in [5.41, 5.74) is 7.07. The molecule has 30 heavy (non-hydrogen) atoms. The van der Waals surface area contributed by atoms with Crippen LogP contribution in [0.3, 0.4) is 0 Å². The lowest BCUT2D eigenvalue weighted by atomic mass is 10.0. The van der Waals surface area contributed by atoms with E-state index in [0.29, 0.717) is 27.4 Å². The summed E-state index contributed by atoms with van der Waals surface area (Å²) in [6.07, 6.45) is 0. The molecule has 2 aromatic carbocycles. The molecule has 10 heteroatoms. The van der Waals surface area contributed by atoms with Crippen molar-refractivity contribution in [2.75, 3.05) is 5.32 Å². The van der Waals surface area contributed by atoms with Gasteiger partial charge >= 0.3 is 5.97 Å². The van der Waals surface area contributed by atoms with E-state index in [1.807, 2.05) is 19.1 Å². The van der Waals surface area contributed by atoms with E-state index in [2.05, 4.69) is 20.6 Å². The summed E-state index contributed by atoms with van der Waals surface area (Å²) in [6, 6.07) is 12.6. The standard InChI is InChI=1S/C20H19FN6O2S/c1-11(13-6-8-16(9-7-13)29-18(28)12(2)22)17-24-25-20-27(17)26-19(30-20)23-15-5-3-4-14(21)10-15/h3-12H,22H2,1-2H3,(H,23,26)/t11-,12+/m0/s1. The molecule has 2 atom stereocenters. The minimum absolute atomic E-state index is 0.109. The highest BCUT2D eigenvalue weighted by Crippen LogP contribution is 2.29. The van der Waals surface area contributed by atoms with Gasteiger partial charge in [0.1, 0.15) is 17.6 Å². The van der Waals surface area contributed by atoms with Crippen LogP contribution in [0.4, 0.5) is 15.2 Å². The molecule has 0 bridgehead atoms. The number of nitrogens with zero attached hydrogens (tertiary/aromatic N) is 4. The molecular weight excluding hydrogens is 407 g/mol. The van der Waals surface area contributed by atoms with Crippen molar-refractivity contribution in [2.45, 2.75) is 25.8 Å². The molecule has 0 saturated carbocycles. The molecule has 0 amide bonds. The first-order chi connectivity index (χ1) is 14.4. The molecule has 4 rings (SSSR count). The van der Waals surface area contributed by atoms with Crippen LogP contribution < -0.4 is 15.8 Å². The van der Waals surface area contributed by atoms with Gasteiger partial charge in [-0.25, -0.2) is 9.18 Å². The fourth-order valence-corrected chi connectivity index (χ4v) is 3.59. The van der Waals surface area contributed by atoms with Crippen molar-refractivity contribution in [3.05, 3.63) is 65.7 Å². The molecule has 0 aliphatic rings.